The van der Waals surface area contributed by atoms with E-state index in [0.29, 0.717) is 12.5 Å². The maximum atomic E-state index is 13.3. The summed E-state index contributed by atoms with van der Waals surface area (Å²) in [5, 5.41) is 8.62. The molecule has 2 N–H and O–H groups in total. The Morgan fingerprint density at radius 2 is 2.29 bits per heavy atom. The molecule has 2 rings (SSSR count). The van der Waals surface area contributed by atoms with Crippen molar-refractivity contribution in [2.24, 2.45) is 0 Å². The first kappa shape index (κ1) is 11.7. The van der Waals surface area contributed by atoms with Crippen LogP contribution in [0.3, 0.4) is 0 Å². The Labute approximate surface area is 102 Å². The molecule has 2 heterocycles. The van der Waals surface area contributed by atoms with Crippen LogP contribution in [-0.2, 0) is 6.42 Å². The third-order valence-corrected chi connectivity index (χ3v) is 2.92. The van der Waals surface area contributed by atoms with Gasteiger partial charge in [-0.3, -0.25) is 0 Å². The molecule has 17 heavy (non-hydrogen) atoms. The second-order valence-corrected chi connectivity index (χ2v) is 4.22. The van der Waals surface area contributed by atoms with Crippen LogP contribution in [0.1, 0.15) is 5.01 Å². The molecular formula is C10H12FN5S. The Balaban J connectivity index is 1.94. The van der Waals surface area contributed by atoms with Gasteiger partial charge in [0.05, 0.1) is 11.2 Å². The normalized spacial score (nSPS) is 10.2. The lowest BCUT2D eigenvalue weighted by Crippen LogP contribution is -2.09. The minimum absolute atomic E-state index is 0.209. The molecule has 0 saturated heterocycles. The number of rotatable bonds is 5. The van der Waals surface area contributed by atoms with Crippen LogP contribution in [0, 0.1) is 5.82 Å². The molecule has 0 aliphatic heterocycles. The highest BCUT2D eigenvalue weighted by atomic mass is 32.1. The number of hydrogen-bond acceptors (Lipinski definition) is 6. The molecule has 0 aliphatic rings. The fourth-order valence-electron chi connectivity index (χ4n) is 1.28. The lowest BCUT2D eigenvalue weighted by molar-refractivity contribution is 0.617. The number of aromatic nitrogens is 3. The summed E-state index contributed by atoms with van der Waals surface area (Å²) in [6, 6.07) is 0. The summed E-state index contributed by atoms with van der Waals surface area (Å²) in [6.07, 6.45) is 3.64. The van der Waals surface area contributed by atoms with Gasteiger partial charge in [-0.2, -0.15) is 4.98 Å². The van der Waals surface area contributed by atoms with Gasteiger partial charge in [-0.1, -0.05) is 0 Å². The molecule has 0 fully saturated rings. The zero-order chi connectivity index (χ0) is 12.1. The highest BCUT2D eigenvalue weighted by Gasteiger charge is 2.05. The van der Waals surface area contributed by atoms with Crippen molar-refractivity contribution in [3.63, 3.8) is 0 Å². The number of halogens is 1. The Hall–Kier alpha value is -1.76. The highest BCUT2D eigenvalue weighted by Crippen LogP contribution is 2.12. The third-order valence-electron chi connectivity index (χ3n) is 2.08. The first-order chi connectivity index (χ1) is 8.29. The summed E-state index contributed by atoms with van der Waals surface area (Å²) < 4.78 is 13.3. The minimum atomic E-state index is -0.455. The fraction of sp³-hybridized carbons (Fsp3) is 0.300. The van der Waals surface area contributed by atoms with E-state index in [4.69, 9.17) is 0 Å². The quantitative estimate of drug-likeness (QED) is 0.850. The molecule has 0 saturated carbocycles. The van der Waals surface area contributed by atoms with Crippen molar-refractivity contribution in [2.45, 2.75) is 6.42 Å². The average molecular weight is 253 g/mol. The Kier molecular flexibility index (Phi) is 3.81. The summed E-state index contributed by atoms with van der Waals surface area (Å²) in [4.78, 5) is 11.9. The fourth-order valence-corrected chi connectivity index (χ4v) is 1.90. The molecule has 0 bridgehead atoms. The predicted octanol–water partition coefficient (Wildman–Crippen LogP) is 1.77. The van der Waals surface area contributed by atoms with Gasteiger partial charge in [0.25, 0.3) is 0 Å². The number of hydrogen-bond donors (Lipinski definition) is 2. The van der Waals surface area contributed by atoms with Crippen LogP contribution < -0.4 is 10.6 Å². The number of nitrogens with one attached hydrogen (secondary N) is 2. The SMILES string of the molecule is CNc1ncc(F)c(NCCc2nccs2)n1. The second-order valence-electron chi connectivity index (χ2n) is 3.24. The molecule has 0 aliphatic carbocycles. The van der Waals surface area contributed by atoms with Gasteiger partial charge in [-0.05, 0) is 0 Å². The van der Waals surface area contributed by atoms with E-state index in [1.54, 1.807) is 24.6 Å². The van der Waals surface area contributed by atoms with Crippen molar-refractivity contribution in [1.82, 2.24) is 15.0 Å². The Bertz CT molecular complexity index is 474. The highest BCUT2D eigenvalue weighted by molar-refractivity contribution is 7.09. The minimum Gasteiger partial charge on any atom is -0.367 e. The summed E-state index contributed by atoms with van der Waals surface area (Å²) in [6.45, 7) is 0.588. The lowest BCUT2D eigenvalue weighted by Gasteiger charge is -2.06. The van der Waals surface area contributed by atoms with Crippen LogP contribution in [0.5, 0.6) is 0 Å². The largest absolute Gasteiger partial charge is 0.367 e. The maximum Gasteiger partial charge on any atom is 0.224 e. The first-order valence-corrected chi connectivity index (χ1v) is 6.00. The molecule has 7 heteroatoms. The summed E-state index contributed by atoms with van der Waals surface area (Å²) in [5.74, 6) is 0.146. The Morgan fingerprint density at radius 1 is 1.41 bits per heavy atom. The van der Waals surface area contributed by atoms with Gasteiger partial charge in [0.2, 0.25) is 5.95 Å². The number of thiazole rings is 1. The van der Waals surface area contributed by atoms with Crippen LogP contribution in [-0.4, -0.2) is 28.5 Å². The molecule has 0 amide bonds. The molecule has 0 aromatic carbocycles. The summed E-state index contributed by atoms with van der Waals surface area (Å²) >= 11 is 1.58. The van der Waals surface area contributed by atoms with Gasteiger partial charge < -0.3 is 10.6 Å². The van der Waals surface area contributed by atoms with Gasteiger partial charge in [-0.15, -0.1) is 11.3 Å². The monoisotopic (exact) mass is 253 g/mol. The zero-order valence-electron chi connectivity index (χ0n) is 9.27. The van der Waals surface area contributed by atoms with Gasteiger partial charge in [0.1, 0.15) is 0 Å². The zero-order valence-corrected chi connectivity index (χ0v) is 10.1. The Morgan fingerprint density at radius 3 is 3.00 bits per heavy atom. The van der Waals surface area contributed by atoms with E-state index in [1.807, 2.05) is 5.38 Å². The van der Waals surface area contributed by atoms with E-state index in [9.17, 15) is 4.39 Å². The van der Waals surface area contributed by atoms with Crippen molar-refractivity contribution >= 4 is 23.1 Å². The second kappa shape index (κ2) is 5.53. The van der Waals surface area contributed by atoms with Gasteiger partial charge in [-0.25, -0.2) is 14.4 Å². The molecule has 0 unspecified atom stereocenters. The molecule has 2 aromatic heterocycles. The van der Waals surface area contributed by atoms with Crippen LogP contribution in [0.4, 0.5) is 16.2 Å². The summed E-state index contributed by atoms with van der Waals surface area (Å²) in [5.41, 5.74) is 0. The lowest BCUT2D eigenvalue weighted by atomic mass is 10.4. The first-order valence-electron chi connectivity index (χ1n) is 5.12. The van der Waals surface area contributed by atoms with Gasteiger partial charge >= 0.3 is 0 Å². The van der Waals surface area contributed by atoms with Crippen molar-refractivity contribution in [1.29, 1.82) is 0 Å². The standard InChI is InChI=1S/C10H12FN5S/c1-12-10-15-6-7(11)9(16-10)14-3-2-8-13-4-5-17-8/h4-6H,2-3H2,1H3,(H2,12,14,15,16). The van der Waals surface area contributed by atoms with Crippen molar-refractivity contribution in [3.8, 4) is 0 Å². The van der Waals surface area contributed by atoms with Gasteiger partial charge in [0.15, 0.2) is 11.6 Å². The van der Waals surface area contributed by atoms with E-state index in [0.717, 1.165) is 17.6 Å². The van der Waals surface area contributed by atoms with Crippen molar-refractivity contribution in [3.05, 3.63) is 28.6 Å². The summed E-state index contributed by atoms with van der Waals surface area (Å²) in [7, 11) is 1.69. The molecule has 0 spiro atoms. The van der Waals surface area contributed by atoms with E-state index in [2.05, 4.69) is 25.6 Å². The van der Waals surface area contributed by atoms with E-state index >= 15 is 0 Å². The molecular weight excluding hydrogens is 241 g/mol. The molecule has 0 atom stereocenters. The molecule has 2 aromatic rings. The number of nitrogens with zero attached hydrogens (tertiary/aromatic N) is 3. The van der Waals surface area contributed by atoms with Crippen LogP contribution in [0.25, 0.3) is 0 Å². The van der Waals surface area contributed by atoms with E-state index in [-0.39, 0.29) is 5.82 Å². The topological polar surface area (TPSA) is 62.7 Å². The predicted molar refractivity (Wildman–Crippen MR) is 65.8 cm³/mol. The van der Waals surface area contributed by atoms with Crippen molar-refractivity contribution < 1.29 is 4.39 Å². The van der Waals surface area contributed by atoms with E-state index < -0.39 is 5.82 Å². The van der Waals surface area contributed by atoms with E-state index in [1.165, 1.54) is 0 Å². The van der Waals surface area contributed by atoms with Crippen LogP contribution in [0.15, 0.2) is 17.8 Å². The number of anilines is 2. The smallest absolute Gasteiger partial charge is 0.224 e. The van der Waals surface area contributed by atoms with Crippen LogP contribution in [0.2, 0.25) is 0 Å². The maximum absolute atomic E-state index is 13.3. The van der Waals surface area contributed by atoms with Crippen LogP contribution >= 0.6 is 11.3 Å². The van der Waals surface area contributed by atoms with Crippen molar-refractivity contribution in [2.75, 3.05) is 24.2 Å². The average Bonchev–Trinajstić information content (AvgIpc) is 2.84. The molecule has 0 radical (unpaired) electrons. The third kappa shape index (κ3) is 3.10. The molecule has 5 nitrogen and oxygen atoms in total. The molecule has 90 valence electrons. The van der Waals surface area contributed by atoms with Gasteiger partial charge in [0, 0.05) is 31.6 Å².